The van der Waals surface area contributed by atoms with Crippen molar-refractivity contribution < 1.29 is 24.6 Å². The molecule has 0 aliphatic carbocycles. The van der Waals surface area contributed by atoms with Gasteiger partial charge in [0.15, 0.2) is 0 Å². The fraction of sp³-hybridized carbons (Fsp3) is 0.357. The van der Waals surface area contributed by atoms with Crippen LogP contribution in [0.15, 0.2) is 18.2 Å². The summed E-state index contributed by atoms with van der Waals surface area (Å²) in [6, 6.07) is 3.66. The molecule has 2 rings (SSSR count). The Bertz CT molecular complexity index is 546. The molecule has 1 saturated heterocycles. The van der Waals surface area contributed by atoms with Gasteiger partial charge in [-0.2, -0.15) is 0 Å². The molecule has 21 heavy (non-hydrogen) atoms. The Balaban J connectivity index is 2.12. The van der Waals surface area contributed by atoms with Crippen LogP contribution >= 0.6 is 0 Å². The lowest BCUT2D eigenvalue weighted by Crippen LogP contribution is -2.27. The first-order valence-electron chi connectivity index (χ1n) is 6.60. The van der Waals surface area contributed by atoms with Crippen molar-refractivity contribution in [3.63, 3.8) is 0 Å². The number of anilines is 1. The Kier molecular flexibility index (Phi) is 4.54. The summed E-state index contributed by atoms with van der Waals surface area (Å²) in [5, 5.41) is 23.7. The van der Waals surface area contributed by atoms with Gasteiger partial charge in [0.25, 0.3) is 0 Å². The SMILES string of the molecule is O=C(CC1CCCN1)Nc1cc(C(=O)O)cc(C(=O)O)c1. The molecule has 1 aliphatic rings. The summed E-state index contributed by atoms with van der Waals surface area (Å²) in [5.41, 5.74) is -0.177. The van der Waals surface area contributed by atoms with Gasteiger partial charge in [-0.1, -0.05) is 0 Å². The number of rotatable bonds is 5. The number of aromatic carboxylic acids is 2. The molecule has 7 nitrogen and oxygen atoms in total. The van der Waals surface area contributed by atoms with E-state index in [1.54, 1.807) is 0 Å². The number of carbonyl (C=O) groups excluding carboxylic acids is 1. The van der Waals surface area contributed by atoms with Crippen molar-refractivity contribution in [2.24, 2.45) is 0 Å². The van der Waals surface area contributed by atoms with Gasteiger partial charge in [-0.15, -0.1) is 0 Å². The van der Waals surface area contributed by atoms with Gasteiger partial charge in [0.05, 0.1) is 11.1 Å². The molecule has 1 atom stereocenters. The van der Waals surface area contributed by atoms with Crippen LogP contribution in [0.1, 0.15) is 40.0 Å². The van der Waals surface area contributed by atoms with E-state index in [-0.39, 0.29) is 35.2 Å². The highest BCUT2D eigenvalue weighted by molar-refractivity contribution is 5.98. The topological polar surface area (TPSA) is 116 Å². The zero-order valence-electron chi connectivity index (χ0n) is 11.3. The largest absolute Gasteiger partial charge is 0.478 e. The van der Waals surface area contributed by atoms with Crippen molar-refractivity contribution in [2.75, 3.05) is 11.9 Å². The molecule has 0 spiro atoms. The van der Waals surface area contributed by atoms with E-state index in [9.17, 15) is 14.4 Å². The molecular formula is C14H16N2O5. The van der Waals surface area contributed by atoms with Gasteiger partial charge < -0.3 is 20.8 Å². The van der Waals surface area contributed by atoms with Crippen LogP contribution in [0.3, 0.4) is 0 Å². The standard InChI is InChI=1S/C14H16N2O5/c17-12(7-10-2-1-3-15-10)16-11-5-8(13(18)19)4-9(6-11)14(20)21/h4-6,10,15H,1-3,7H2,(H,16,17)(H,18,19)(H,20,21). The van der Waals surface area contributed by atoms with Crippen LogP contribution in [-0.2, 0) is 4.79 Å². The highest BCUT2D eigenvalue weighted by Gasteiger charge is 2.18. The second-order valence-corrected chi connectivity index (χ2v) is 4.95. The van der Waals surface area contributed by atoms with Crippen LogP contribution in [0.5, 0.6) is 0 Å². The van der Waals surface area contributed by atoms with Crippen LogP contribution in [0, 0.1) is 0 Å². The maximum atomic E-state index is 11.9. The van der Waals surface area contributed by atoms with E-state index < -0.39 is 11.9 Å². The third-order valence-corrected chi connectivity index (χ3v) is 3.30. The molecule has 1 amide bonds. The molecule has 7 heteroatoms. The Morgan fingerprint density at radius 1 is 1.14 bits per heavy atom. The maximum absolute atomic E-state index is 11.9. The first-order chi connectivity index (χ1) is 9.95. The molecule has 4 N–H and O–H groups in total. The van der Waals surface area contributed by atoms with Gasteiger partial charge in [-0.05, 0) is 37.6 Å². The molecule has 0 saturated carbocycles. The van der Waals surface area contributed by atoms with Crippen LogP contribution in [-0.4, -0.2) is 40.6 Å². The minimum absolute atomic E-state index is 0.117. The summed E-state index contributed by atoms with van der Waals surface area (Å²) in [4.78, 5) is 33.8. The van der Waals surface area contributed by atoms with Crippen molar-refractivity contribution in [3.05, 3.63) is 29.3 Å². The van der Waals surface area contributed by atoms with Gasteiger partial charge in [-0.3, -0.25) is 4.79 Å². The Morgan fingerprint density at radius 3 is 2.24 bits per heavy atom. The van der Waals surface area contributed by atoms with E-state index in [1.165, 1.54) is 12.1 Å². The van der Waals surface area contributed by atoms with E-state index in [1.807, 2.05) is 0 Å². The van der Waals surface area contributed by atoms with Crippen LogP contribution in [0.25, 0.3) is 0 Å². The fourth-order valence-corrected chi connectivity index (χ4v) is 2.31. The number of hydrogen-bond acceptors (Lipinski definition) is 4. The van der Waals surface area contributed by atoms with Gasteiger partial charge in [0.1, 0.15) is 0 Å². The number of nitrogens with one attached hydrogen (secondary N) is 2. The maximum Gasteiger partial charge on any atom is 0.335 e. The molecule has 1 fully saturated rings. The van der Waals surface area contributed by atoms with Gasteiger partial charge in [-0.25, -0.2) is 9.59 Å². The third-order valence-electron chi connectivity index (χ3n) is 3.30. The quantitative estimate of drug-likeness (QED) is 0.647. The Morgan fingerprint density at radius 2 is 1.76 bits per heavy atom. The van der Waals surface area contributed by atoms with E-state index in [2.05, 4.69) is 10.6 Å². The summed E-state index contributed by atoms with van der Waals surface area (Å²) in [5.74, 6) is -2.76. The average molecular weight is 292 g/mol. The highest BCUT2D eigenvalue weighted by atomic mass is 16.4. The van der Waals surface area contributed by atoms with Crippen molar-refractivity contribution in [1.29, 1.82) is 0 Å². The van der Waals surface area contributed by atoms with Gasteiger partial charge in [0, 0.05) is 18.2 Å². The average Bonchev–Trinajstić information content (AvgIpc) is 2.90. The second kappa shape index (κ2) is 6.36. The third kappa shape index (κ3) is 4.03. The first-order valence-corrected chi connectivity index (χ1v) is 6.60. The minimum Gasteiger partial charge on any atom is -0.478 e. The minimum atomic E-state index is -1.24. The number of carboxylic acids is 2. The van der Waals surface area contributed by atoms with E-state index in [0.29, 0.717) is 0 Å². The molecule has 1 aromatic rings. The monoisotopic (exact) mass is 292 g/mol. The molecular weight excluding hydrogens is 276 g/mol. The fourth-order valence-electron chi connectivity index (χ4n) is 2.31. The zero-order chi connectivity index (χ0) is 15.4. The number of hydrogen-bond donors (Lipinski definition) is 4. The van der Waals surface area contributed by atoms with E-state index in [0.717, 1.165) is 25.5 Å². The predicted molar refractivity (Wildman–Crippen MR) is 74.6 cm³/mol. The molecule has 1 unspecified atom stereocenters. The Labute approximate surface area is 121 Å². The highest BCUT2D eigenvalue weighted by Crippen LogP contribution is 2.17. The number of amides is 1. The molecule has 0 aromatic heterocycles. The van der Waals surface area contributed by atoms with E-state index in [4.69, 9.17) is 10.2 Å². The number of carbonyl (C=O) groups is 3. The molecule has 0 radical (unpaired) electrons. The summed E-state index contributed by atoms with van der Waals surface area (Å²) >= 11 is 0. The van der Waals surface area contributed by atoms with Crippen LogP contribution in [0.2, 0.25) is 0 Å². The summed E-state index contributed by atoms with van der Waals surface area (Å²) in [6.07, 6.45) is 2.22. The summed E-state index contributed by atoms with van der Waals surface area (Å²) in [6.45, 7) is 0.885. The number of carboxylic acid groups (broad SMARTS) is 2. The first kappa shape index (κ1) is 15.0. The molecule has 1 heterocycles. The second-order valence-electron chi connectivity index (χ2n) is 4.95. The number of benzene rings is 1. The lowest BCUT2D eigenvalue weighted by molar-refractivity contribution is -0.116. The lowest BCUT2D eigenvalue weighted by atomic mass is 10.1. The molecule has 112 valence electrons. The molecule has 1 aliphatic heterocycles. The van der Waals surface area contributed by atoms with Crippen LogP contribution < -0.4 is 10.6 Å². The molecule has 0 bridgehead atoms. The van der Waals surface area contributed by atoms with Crippen molar-refractivity contribution in [3.8, 4) is 0 Å². The summed E-state index contributed by atoms with van der Waals surface area (Å²) in [7, 11) is 0. The van der Waals surface area contributed by atoms with Crippen molar-refractivity contribution in [2.45, 2.75) is 25.3 Å². The normalized spacial score (nSPS) is 17.4. The Hall–Kier alpha value is -2.41. The predicted octanol–water partition coefficient (Wildman–Crippen LogP) is 1.16. The van der Waals surface area contributed by atoms with Gasteiger partial charge >= 0.3 is 11.9 Å². The van der Waals surface area contributed by atoms with Crippen molar-refractivity contribution in [1.82, 2.24) is 5.32 Å². The molecule has 1 aromatic carbocycles. The van der Waals surface area contributed by atoms with Crippen molar-refractivity contribution >= 4 is 23.5 Å². The lowest BCUT2D eigenvalue weighted by Gasteiger charge is -2.11. The van der Waals surface area contributed by atoms with Crippen LogP contribution in [0.4, 0.5) is 5.69 Å². The zero-order valence-corrected chi connectivity index (χ0v) is 11.3. The smallest absolute Gasteiger partial charge is 0.335 e. The van der Waals surface area contributed by atoms with Gasteiger partial charge in [0.2, 0.25) is 5.91 Å². The van der Waals surface area contributed by atoms with E-state index >= 15 is 0 Å². The summed E-state index contributed by atoms with van der Waals surface area (Å²) < 4.78 is 0.